The molecule has 2 nitrogen and oxygen atoms in total. The highest BCUT2D eigenvalue weighted by Crippen LogP contribution is 2.30. The second kappa shape index (κ2) is 4.07. The van der Waals surface area contributed by atoms with Crippen LogP contribution in [0.15, 0.2) is 16.6 Å². The number of phenolic OH excluding ortho intramolecular Hbond substituents is 1. The van der Waals surface area contributed by atoms with E-state index in [1.807, 2.05) is 0 Å². The fraction of sp³-hybridized carbons (Fsp3) is 0.125. The zero-order valence-electron chi connectivity index (χ0n) is 6.35. The second-order valence-electron chi connectivity index (χ2n) is 2.31. The van der Waals surface area contributed by atoms with Gasteiger partial charge in [0.2, 0.25) is 0 Å². The Morgan fingerprint density at radius 3 is 2.77 bits per heavy atom. The number of carbonyl (C=O) groups is 1. The molecule has 0 amide bonds. The van der Waals surface area contributed by atoms with Crippen LogP contribution < -0.4 is 0 Å². The third kappa shape index (κ3) is 2.00. The van der Waals surface area contributed by atoms with Crippen LogP contribution in [0.1, 0.15) is 10.4 Å². The SMILES string of the molecule is O=C(CCl)c1ccc(F)c(Br)c1O. The molecular weight excluding hydrogens is 262 g/mol. The first-order chi connectivity index (χ1) is 6.07. The van der Waals surface area contributed by atoms with Gasteiger partial charge in [-0.25, -0.2) is 4.39 Å². The molecule has 0 aliphatic carbocycles. The molecule has 13 heavy (non-hydrogen) atoms. The highest BCUT2D eigenvalue weighted by molar-refractivity contribution is 9.10. The van der Waals surface area contributed by atoms with E-state index in [9.17, 15) is 14.3 Å². The molecule has 0 radical (unpaired) electrons. The summed E-state index contributed by atoms with van der Waals surface area (Å²) in [7, 11) is 0. The van der Waals surface area contributed by atoms with Crippen molar-refractivity contribution in [2.45, 2.75) is 0 Å². The molecule has 0 unspecified atom stereocenters. The zero-order valence-corrected chi connectivity index (χ0v) is 8.69. The number of hydrogen-bond donors (Lipinski definition) is 1. The average Bonchev–Trinajstić information content (AvgIpc) is 2.13. The topological polar surface area (TPSA) is 37.3 Å². The molecule has 5 heteroatoms. The van der Waals surface area contributed by atoms with Crippen molar-refractivity contribution in [2.75, 3.05) is 5.88 Å². The molecule has 1 aromatic rings. The standard InChI is InChI=1S/C8H5BrClFO2/c9-7-5(11)2-1-4(8(7)13)6(12)3-10/h1-2,13H,3H2. The molecule has 0 aliphatic rings. The number of rotatable bonds is 2. The van der Waals surface area contributed by atoms with E-state index < -0.39 is 17.3 Å². The van der Waals surface area contributed by atoms with Crippen molar-refractivity contribution in [3.05, 3.63) is 28.0 Å². The predicted molar refractivity (Wildman–Crippen MR) is 50.8 cm³/mol. The highest BCUT2D eigenvalue weighted by Gasteiger charge is 2.15. The van der Waals surface area contributed by atoms with Gasteiger partial charge in [-0.1, -0.05) is 0 Å². The number of carbonyl (C=O) groups excluding carboxylic acids is 1. The quantitative estimate of drug-likeness (QED) is 0.661. The molecule has 0 saturated heterocycles. The lowest BCUT2D eigenvalue weighted by atomic mass is 10.1. The minimum Gasteiger partial charge on any atom is -0.506 e. The summed E-state index contributed by atoms with van der Waals surface area (Å²) in [5.41, 5.74) is 0.0169. The zero-order chi connectivity index (χ0) is 10.0. The van der Waals surface area contributed by atoms with Crippen molar-refractivity contribution in [3.63, 3.8) is 0 Å². The van der Waals surface area contributed by atoms with Crippen molar-refractivity contribution >= 4 is 33.3 Å². The maximum atomic E-state index is 12.8. The van der Waals surface area contributed by atoms with E-state index in [1.165, 1.54) is 6.07 Å². The summed E-state index contributed by atoms with van der Waals surface area (Å²) in [5.74, 6) is -1.72. The normalized spacial score (nSPS) is 10.1. The van der Waals surface area contributed by atoms with Gasteiger partial charge in [-0.3, -0.25) is 4.79 Å². The summed E-state index contributed by atoms with van der Waals surface area (Å²) in [6, 6.07) is 2.28. The summed E-state index contributed by atoms with van der Waals surface area (Å²) >= 11 is 8.09. The molecule has 0 saturated carbocycles. The Kier molecular flexibility index (Phi) is 3.27. The molecule has 0 bridgehead atoms. The van der Waals surface area contributed by atoms with Crippen LogP contribution in [0, 0.1) is 5.82 Å². The fourth-order valence-corrected chi connectivity index (χ4v) is 1.33. The van der Waals surface area contributed by atoms with Crippen LogP contribution in [-0.2, 0) is 0 Å². The molecule has 1 rings (SSSR count). The molecule has 0 fully saturated rings. The number of phenols is 1. The molecule has 0 atom stereocenters. The van der Waals surface area contributed by atoms with Crippen LogP contribution >= 0.6 is 27.5 Å². The summed E-state index contributed by atoms with van der Waals surface area (Å²) in [4.78, 5) is 11.1. The average molecular weight is 267 g/mol. The first-order valence-corrected chi connectivity index (χ1v) is 4.66. The summed E-state index contributed by atoms with van der Waals surface area (Å²) in [6.07, 6.45) is 0. The molecule has 0 spiro atoms. The summed E-state index contributed by atoms with van der Waals surface area (Å²) < 4.78 is 12.7. The van der Waals surface area contributed by atoms with Gasteiger partial charge < -0.3 is 5.11 Å². The monoisotopic (exact) mass is 266 g/mol. The van der Waals surface area contributed by atoms with Gasteiger partial charge in [-0.05, 0) is 28.1 Å². The summed E-state index contributed by atoms with van der Waals surface area (Å²) in [5, 5.41) is 9.31. The van der Waals surface area contributed by atoms with E-state index in [0.29, 0.717) is 0 Å². The van der Waals surface area contributed by atoms with Crippen LogP contribution in [0.2, 0.25) is 0 Å². The van der Waals surface area contributed by atoms with E-state index in [4.69, 9.17) is 11.6 Å². The Hall–Kier alpha value is -0.610. The van der Waals surface area contributed by atoms with E-state index in [0.717, 1.165) is 6.07 Å². The van der Waals surface area contributed by atoms with Crippen LogP contribution in [0.5, 0.6) is 5.75 Å². The molecular formula is C8H5BrClFO2. The van der Waals surface area contributed by atoms with Crippen LogP contribution in [0.3, 0.4) is 0 Å². The van der Waals surface area contributed by atoms with Crippen LogP contribution in [0.25, 0.3) is 0 Å². The van der Waals surface area contributed by atoms with Crippen LogP contribution in [-0.4, -0.2) is 16.8 Å². The van der Waals surface area contributed by atoms with Gasteiger partial charge in [-0.2, -0.15) is 0 Å². The van der Waals surface area contributed by atoms with E-state index in [1.54, 1.807) is 0 Å². The number of halogens is 3. The fourth-order valence-electron chi connectivity index (χ4n) is 0.837. The number of alkyl halides is 1. The molecule has 1 N–H and O–H groups in total. The van der Waals surface area contributed by atoms with E-state index >= 15 is 0 Å². The van der Waals surface area contributed by atoms with Gasteiger partial charge in [0.1, 0.15) is 11.6 Å². The number of Topliss-reactive ketones (excluding diaryl/α,β-unsaturated/α-hetero) is 1. The smallest absolute Gasteiger partial charge is 0.181 e. The number of benzene rings is 1. The Labute approximate surface area is 87.5 Å². The largest absolute Gasteiger partial charge is 0.506 e. The maximum Gasteiger partial charge on any atom is 0.181 e. The Morgan fingerprint density at radius 1 is 1.62 bits per heavy atom. The third-order valence-electron chi connectivity index (χ3n) is 1.49. The van der Waals surface area contributed by atoms with Crippen molar-refractivity contribution in [1.29, 1.82) is 0 Å². The lowest BCUT2D eigenvalue weighted by molar-refractivity contribution is 0.101. The number of hydrogen-bond acceptors (Lipinski definition) is 2. The van der Waals surface area contributed by atoms with Gasteiger partial charge in [0.05, 0.1) is 15.9 Å². The van der Waals surface area contributed by atoms with Crippen molar-refractivity contribution < 1.29 is 14.3 Å². The summed E-state index contributed by atoms with van der Waals surface area (Å²) in [6.45, 7) is 0. The molecule has 1 aromatic carbocycles. The molecule has 0 aromatic heterocycles. The Morgan fingerprint density at radius 2 is 2.23 bits per heavy atom. The minimum absolute atomic E-state index is 0.0169. The predicted octanol–water partition coefficient (Wildman–Crippen LogP) is 2.72. The first-order valence-electron chi connectivity index (χ1n) is 3.34. The minimum atomic E-state index is -0.622. The van der Waals surface area contributed by atoms with Gasteiger partial charge in [0.15, 0.2) is 5.78 Å². The second-order valence-corrected chi connectivity index (χ2v) is 3.37. The Bertz CT molecular complexity index is 354. The number of ketones is 1. The van der Waals surface area contributed by atoms with Crippen LogP contribution in [0.4, 0.5) is 4.39 Å². The first kappa shape index (κ1) is 10.5. The van der Waals surface area contributed by atoms with Gasteiger partial charge >= 0.3 is 0 Å². The third-order valence-corrected chi connectivity index (χ3v) is 2.49. The van der Waals surface area contributed by atoms with Crippen molar-refractivity contribution in [2.24, 2.45) is 0 Å². The molecule has 70 valence electrons. The number of aromatic hydroxyl groups is 1. The van der Waals surface area contributed by atoms with Crippen molar-refractivity contribution in [1.82, 2.24) is 0 Å². The molecule has 0 aliphatic heterocycles. The lowest BCUT2D eigenvalue weighted by Crippen LogP contribution is -2.01. The highest BCUT2D eigenvalue weighted by atomic mass is 79.9. The Balaban J connectivity index is 3.26. The lowest BCUT2D eigenvalue weighted by Gasteiger charge is -2.03. The van der Waals surface area contributed by atoms with Crippen molar-refractivity contribution in [3.8, 4) is 5.75 Å². The molecule has 0 heterocycles. The van der Waals surface area contributed by atoms with Gasteiger partial charge in [0, 0.05) is 0 Å². The van der Waals surface area contributed by atoms with E-state index in [-0.39, 0.29) is 15.9 Å². The van der Waals surface area contributed by atoms with Gasteiger partial charge in [-0.15, -0.1) is 11.6 Å². The van der Waals surface area contributed by atoms with Gasteiger partial charge in [0.25, 0.3) is 0 Å². The maximum absolute atomic E-state index is 12.8. The van der Waals surface area contributed by atoms with E-state index in [2.05, 4.69) is 15.9 Å².